The molecule has 0 spiro atoms. The van der Waals surface area contributed by atoms with Gasteiger partial charge in [-0.05, 0) is 43.2 Å². The van der Waals surface area contributed by atoms with Crippen molar-refractivity contribution in [3.8, 4) is 11.4 Å². The first-order valence-corrected chi connectivity index (χ1v) is 11.4. The molecule has 1 aliphatic rings. The van der Waals surface area contributed by atoms with E-state index in [0.717, 1.165) is 36.6 Å². The Morgan fingerprint density at radius 3 is 2.45 bits per heavy atom. The van der Waals surface area contributed by atoms with Crippen LogP contribution in [0.15, 0.2) is 53.3 Å². The van der Waals surface area contributed by atoms with Crippen molar-refractivity contribution in [1.29, 1.82) is 0 Å². The van der Waals surface area contributed by atoms with E-state index < -0.39 is 0 Å². The molecule has 7 nitrogen and oxygen atoms in total. The predicted molar refractivity (Wildman–Crippen MR) is 129 cm³/mol. The Morgan fingerprint density at radius 1 is 1.06 bits per heavy atom. The fourth-order valence-electron chi connectivity index (χ4n) is 5.03. The zero-order valence-corrected chi connectivity index (χ0v) is 19.2. The zero-order valence-electron chi connectivity index (χ0n) is 19.2. The summed E-state index contributed by atoms with van der Waals surface area (Å²) in [5, 5.41) is 6.15. The number of nitrogens with zero attached hydrogens (tertiary/aromatic N) is 4. The Morgan fingerprint density at radius 2 is 1.76 bits per heavy atom. The third-order valence-corrected chi connectivity index (χ3v) is 6.90. The molecule has 5 rings (SSSR count). The minimum atomic E-state index is -0.259. The number of amides is 1. The standard InChI is InChI=1S/C26H28N4O3/c1-28(17-9-5-4-6-10-17)25(31)23-22-20-11-7-8-12-21(20)29(2)24(22)26(32)30(27-23)18-13-15-19(33-3)16-14-18/h7-8,11-17H,4-6,9-10H2,1-3H3. The van der Waals surface area contributed by atoms with E-state index in [1.807, 2.05) is 47.8 Å². The molecular weight excluding hydrogens is 416 g/mol. The van der Waals surface area contributed by atoms with Gasteiger partial charge in [0.15, 0.2) is 5.69 Å². The van der Waals surface area contributed by atoms with Gasteiger partial charge in [0.25, 0.3) is 11.5 Å². The molecule has 0 bridgehead atoms. The van der Waals surface area contributed by atoms with Crippen LogP contribution in [-0.2, 0) is 7.05 Å². The van der Waals surface area contributed by atoms with Crippen molar-refractivity contribution in [2.75, 3.05) is 14.2 Å². The highest BCUT2D eigenvalue weighted by Gasteiger charge is 2.29. The Bertz CT molecular complexity index is 1400. The van der Waals surface area contributed by atoms with E-state index in [1.54, 1.807) is 31.4 Å². The summed E-state index contributed by atoms with van der Waals surface area (Å²) in [6.07, 6.45) is 5.47. The van der Waals surface area contributed by atoms with Gasteiger partial charge in [0.05, 0.1) is 12.8 Å². The van der Waals surface area contributed by atoms with Gasteiger partial charge < -0.3 is 14.2 Å². The van der Waals surface area contributed by atoms with Crippen LogP contribution in [0.4, 0.5) is 0 Å². The Kier molecular flexibility index (Phi) is 5.40. The van der Waals surface area contributed by atoms with Gasteiger partial charge in [-0.1, -0.05) is 37.5 Å². The number of hydrogen-bond acceptors (Lipinski definition) is 4. The summed E-state index contributed by atoms with van der Waals surface area (Å²) in [5.41, 5.74) is 2.01. The average molecular weight is 445 g/mol. The van der Waals surface area contributed by atoms with Crippen LogP contribution in [0.3, 0.4) is 0 Å². The number of rotatable bonds is 4. The van der Waals surface area contributed by atoms with Gasteiger partial charge >= 0.3 is 0 Å². The van der Waals surface area contributed by atoms with Gasteiger partial charge in [-0.2, -0.15) is 9.78 Å². The monoisotopic (exact) mass is 444 g/mol. The van der Waals surface area contributed by atoms with Gasteiger partial charge in [-0.25, -0.2) is 0 Å². The quantitative estimate of drug-likeness (QED) is 0.471. The second kappa shape index (κ2) is 8.39. The maximum atomic E-state index is 13.8. The number of hydrogen-bond donors (Lipinski definition) is 0. The molecule has 7 heteroatoms. The molecule has 0 N–H and O–H groups in total. The lowest BCUT2D eigenvalue weighted by Gasteiger charge is -2.31. The number of aryl methyl sites for hydroxylation is 1. The largest absolute Gasteiger partial charge is 0.497 e. The highest BCUT2D eigenvalue weighted by molar-refractivity contribution is 6.16. The zero-order chi connectivity index (χ0) is 23.1. The number of carbonyl (C=O) groups excluding carboxylic acids is 1. The van der Waals surface area contributed by atoms with Crippen molar-refractivity contribution >= 4 is 27.7 Å². The Hall–Kier alpha value is -3.61. The fourth-order valence-corrected chi connectivity index (χ4v) is 5.03. The summed E-state index contributed by atoms with van der Waals surface area (Å²) in [6, 6.07) is 15.1. The number of para-hydroxylation sites is 1. The number of ether oxygens (including phenoxy) is 1. The van der Waals surface area contributed by atoms with E-state index in [4.69, 9.17) is 4.74 Å². The predicted octanol–water partition coefficient (Wildman–Crippen LogP) is 4.29. The maximum Gasteiger partial charge on any atom is 0.296 e. The molecule has 0 saturated heterocycles. The Labute approximate surface area is 192 Å². The molecule has 2 aromatic carbocycles. The number of methoxy groups -OCH3 is 1. The first kappa shape index (κ1) is 21.2. The molecular formula is C26H28N4O3. The molecule has 0 radical (unpaired) electrons. The highest BCUT2D eigenvalue weighted by atomic mass is 16.5. The molecule has 4 aromatic rings. The van der Waals surface area contributed by atoms with E-state index in [1.165, 1.54) is 11.1 Å². The SMILES string of the molecule is COc1ccc(-n2nc(C(=O)N(C)C3CCCCC3)c3c4ccccc4n(C)c3c2=O)cc1. The molecule has 1 fully saturated rings. The molecule has 170 valence electrons. The van der Waals surface area contributed by atoms with Gasteiger partial charge in [-0.3, -0.25) is 9.59 Å². The summed E-state index contributed by atoms with van der Waals surface area (Å²) in [4.78, 5) is 29.3. The second-order valence-corrected chi connectivity index (χ2v) is 8.77. The molecule has 1 aliphatic carbocycles. The van der Waals surface area contributed by atoms with Crippen molar-refractivity contribution in [3.05, 3.63) is 64.6 Å². The molecule has 2 heterocycles. The second-order valence-electron chi connectivity index (χ2n) is 8.77. The fraction of sp³-hybridized carbons (Fsp3) is 0.346. The van der Waals surface area contributed by atoms with Gasteiger partial charge in [0.2, 0.25) is 0 Å². The van der Waals surface area contributed by atoms with Crippen LogP contribution in [0.2, 0.25) is 0 Å². The van der Waals surface area contributed by atoms with Crippen molar-refractivity contribution in [1.82, 2.24) is 19.2 Å². The molecule has 0 unspecified atom stereocenters. The minimum absolute atomic E-state index is 0.148. The first-order chi connectivity index (χ1) is 16.0. The lowest BCUT2D eigenvalue weighted by atomic mass is 9.94. The Balaban J connectivity index is 1.77. The minimum Gasteiger partial charge on any atom is -0.497 e. The number of fused-ring (bicyclic) bond motifs is 3. The number of aromatic nitrogens is 3. The van der Waals surface area contributed by atoms with Crippen LogP contribution in [-0.4, -0.2) is 45.4 Å². The van der Waals surface area contributed by atoms with Crippen LogP contribution in [0.1, 0.15) is 42.6 Å². The lowest BCUT2D eigenvalue weighted by Crippen LogP contribution is -2.39. The topological polar surface area (TPSA) is 69.4 Å². The van der Waals surface area contributed by atoms with Crippen LogP contribution in [0.25, 0.3) is 27.5 Å². The van der Waals surface area contributed by atoms with E-state index in [9.17, 15) is 9.59 Å². The molecule has 1 amide bonds. The van der Waals surface area contributed by atoms with Crippen molar-refractivity contribution in [2.45, 2.75) is 38.1 Å². The van der Waals surface area contributed by atoms with E-state index in [0.29, 0.717) is 28.0 Å². The summed E-state index contributed by atoms with van der Waals surface area (Å²) in [6.45, 7) is 0. The first-order valence-electron chi connectivity index (χ1n) is 11.4. The average Bonchev–Trinajstić information content (AvgIpc) is 3.17. The van der Waals surface area contributed by atoms with Gasteiger partial charge in [-0.15, -0.1) is 0 Å². The molecule has 0 atom stereocenters. The maximum absolute atomic E-state index is 13.8. The summed E-state index contributed by atoms with van der Waals surface area (Å²) in [5.74, 6) is 0.538. The summed E-state index contributed by atoms with van der Waals surface area (Å²) in [7, 11) is 5.32. The molecule has 0 aliphatic heterocycles. The number of carbonyl (C=O) groups is 1. The van der Waals surface area contributed by atoms with Crippen LogP contribution < -0.4 is 10.3 Å². The molecule has 1 saturated carbocycles. The van der Waals surface area contributed by atoms with Crippen LogP contribution in [0, 0.1) is 0 Å². The van der Waals surface area contributed by atoms with Gasteiger partial charge in [0, 0.05) is 36.4 Å². The van der Waals surface area contributed by atoms with E-state index >= 15 is 0 Å². The van der Waals surface area contributed by atoms with Crippen molar-refractivity contribution in [3.63, 3.8) is 0 Å². The third-order valence-electron chi connectivity index (χ3n) is 6.90. The van der Waals surface area contributed by atoms with E-state index in [2.05, 4.69) is 5.10 Å². The summed E-state index contributed by atoms with van der Waals surface area (Å²) >= 11 is 0. The van der Waals surface area contributed by atoms with E-state index in [-0.39, 0.29) is 17.5 Å². The van der Waals surface area contributed by atoms with Crippen LogP contribution in [0.5, 0.6) is 5.75 Å². The van der Waals surface area contributed by atoms with Crippen LogP contribution >= 0.6 is 0 Å². The molecule has 33 heavy (non-hydrogen) atoms. The molecule has 2 aromatic heterocycles. The summed E-state index contributed by atoms with van der Waals surface area (Å²) < 4.78 is 8.46. The number of benzene rings is 2. The lowest BCUT2D eigenvalue weighted by molar-refractivity contribution is 0.0690. The van der Waals surface area contributed by atoms with Gasteiger partial charge in [0.1, 0.15) is 11.3 Å². The van der Waals surface area contributed by atoms with Crippen molar-refractivity contribution < 1.29 is 9.53 Å². The highest BCUT2D eigenvalue weighted by Crippen LogP contribution is 2.30. The van der Waals surface area contributed by atoms with Crippen molar-refractivity contribution in [2.24, 2.45) is 7.05 Å². The third kappa shape index (κ3) is 3.48. The smallest absolute Gasteiger partial charge is 0.296 e. The normalized spacial score (nSPS) is 14.6.